The molecule has 1 spiro atoms. The van der Waals surface area contributed by atoms with Crippen molar-refractivity contribution in [3.8, 4) is 29.0 Å². The van der Waals surface area contributed by atoms with E-state index in [1.165, 1.54) is 49.6 Å². The molecule has 4 N–H and O–H groups in total. The zero-order valence-electron chi connectivity index (χ0n) is 46.3. The summed E-state index contributed by atoms with van der Waals surface area (Å²) in [6, 6.07) is 19.3. The number of piperidine rings is 1. The van der Waals surface area contributed by atoms with Crippen molar-refractivity contribution >= 4 is 38.9 Å². The van der Waals surface area contributed by atoms with Crippen LogP contribution in [0, 0.1) is 16.5 Å². The molecule has 2 saturated heterocycles. The third kappa shape index (κ3) is 12.1. The molecule has 4 fully saturated rings. The Morgan fingerprint density at radius 3 is 2.37 bits per heavy atom. The van der Waals surface area contributed by atoms with Gasteiger partial charge in [0.1, 0.15) is 16.5 Å². The minimum Gasteiger partial charge on any atom is -0.629 e. The number of anilines is 2. The largest absolute Gasteiger partial charge is 0.629 e. The first kappa shape index (κ1) is 55.9. The molecule has 422 valence electrons. The minimum absolute atomic E-state index is 0.0113. The number of sulfonamides is 1. The van der Waals surface area contributed by atoms with Crippen molar-refractivity contribution in [2.45, 2.75) is 114 Å². The first-order valence-electron chi connectivity index (χ1n) is 27.5. The molecule has 0 bridgehead atoms. The van der Waals surface area contributed by atoms with Crippen LogP contribution in [0.3, 0.4) is 0 Å². The summed E-state index contributed by atoms with van der Waals surface area (Å²) in [6.07, 6.45) is 11.7. The van der Waals surface area contributed by atoms with Gasteiger partial charge < -0.3 is 44.5 Å². The predicted molar refractivity (Wildman–Crippen MR) is 299 cm³/mol. The second kappa shape index (κ2) is 23.0. The number of fused-ring (bicyclic) bond motifs is 1. The smallest absolute Gasteiger partial charge is 0.268 e. The highest BCUT2D eigenvalue weighted by Crippen LogP contribution is 2.54. The van der Waals surface area contributed by atoms with Crippen LogP contribution in [0.5, 0.6) is 29.0 Å². The molecule has 5 aliphatic rings. The van der Waals surface area contributed by atoms with E-state index in [9.17, 15) is 23.5 Å². The monoisotopic (exact) mass is 1100 g/mol. The molecule has 18 nitrogen and oxygen atoms in total. The Bertz CT molecular complexity index is 3190. The van der Waals surface area contributed by atoms with E-state index in [2.05, 4.69) is 77.8 Å². The second-order valence-electron chi connectivity index (χ2n) is 22.8. The number of carbonyl (C=O) groups is 1. The summed E-state index contributed by atoms with van der Waals surface area (Å²) in [4.78, 5) is 34.8. The first-order valence-corrected chi connectivity index (χ1v) is 29.0. The third-order valence-electron chi connectivity index (χ3n) is 17.1. The van der Waals surface area contributed by atoms with E-state index in [1.54, 1.807) is 26.4 Å². The number of ether oxygens (including phenoxy) is 4. The van der Waals surface area contributed by atoms with Crippen LogP contribution < -0.4 is 38.9 Å². The number of aliphatic hydroxyl groups is 1. The number of hydrogen-bond donors (Lipinski definition) is 4. The molecule has 5 aromatic rings. The summed E-state index contributed by atoms with van der Waals surface area (Å²) in [5.74, 6) is 0.618. The standard InChI is InChI=1S/C59H74FN9O9S/c1-37(2)43-10-8-9-11-44(43)50-36-67(35-39-26-52(75-5)56(76-6)63-33-39)24-25-69(50)41-30-59(31-41)20-22-68(23-21-59)40-12-13-45(51(27-40)78-53-29-46-47(60)14-15-48(46)64-57(53)77-7)55(70)65-79(73,74)42-28-49(66(4)72)54(62-34-42)61-32-38-16-18-58(3,71)19-17-38/h8-14,26-29,33-34,37-38,41,50,66,71H,15-25,30-32,35-36H2,1-7H3,(H,61,62)(H,65,70)/t38-,50?,58-. The number of carbonyl (C=O) groups excluding carboxylic acids is 1. The van der Waals surface area contributed by atoms with Crippen LogP contribution in [-0.4, -0.2) is 123 Å². The summed E-state index contributed by atoms with van der Waals surface area (Å²) in [7, 11) is 1.38. The van der Waals surface area contributed by atoms with Gasteiger partial charge in [-0.15, -0.1) is 0 Å². The average molecular weight is 1100 g/mol. The highest BCUT2D eigenvalue weighted by atomic mass is 32.2. The van der Waals surface area contributed by atoms with Gasteiger partial charge in [-0.1, -0.05) is 38.1 Å². The van der Waals surface area contributed by atoms with Crippen LogP contribution in [0.25, 0.3) is 5.83 Å². The number of halogens is 1. The van der Waals surface area contributed by atoms with E-state index in [4.69, 9.17) is 18.9 Å². The lowest BCUT2D eigenvalue weighted by molar-refractivity contribution is -0.751. The van der Waals surface area contributed by atoms with Crippen molar-refractivity contribution in [2.75, 3.05) is 77.9 Å². The Hall–Kier alpha value is -6.42. The molecule has 2 saturated carbocycles. The number of aromatic nitrogens is 3. The van der Waals surface area contributed by atoms with Gasteiger partial charge in [-0.25, -0.2) is 32.5 Å². The zero-order valence-corrected chi connectivity index (χ0v) is 47.1. The fourth-order valence-electron chi connectivity index (χ4n) is 12.5. The molecule has 1 amide bonds. The van der Waals surface area contributed by atoms with E-state index < -0.39 is 32.4 Å². The summed E-state index contributed by atoms with van der Waals surface area (Å²) in [6.45, 7) is 11.9. The van der Waals surface area contributed by atoms with Crippen molar-refractivity contribution in [1.29, 1.82) is 0 Å². The quantitative estimate of drug-likeness (QED) is 0.0611. The number of pyridine rings is 3. The molecule has 10 rings (SSSR count). The third-order valence-corrected chi connectivity index (χ3v) is 18.4. The van der Waals surface area contributed by atoms with Crippen molar-refractivity contribution in [3.63, 3.8) is 0 Å². The normalized spacial score (nSPS) is 22.0. The maximum atomic E-state index is 15.0. The van der Waals surface area contributed by atoms with Crippen molar-refractivity contribution in [3.05, 3.63) is 118 Å². The molecule has 2 aromatic carbocycles. The fourth-order valence-corrected chi connectivity index (χ4v) is 13.4. The molecule has 2 aliphatic heterocycles. The van der Waals surface area contributed by atoms with Crippen LogP contribution in [0.1, 0.15) is 122 Å². The fraction of sp³-hybridized carbons (Fsp3) is 0.492. The maximum absolute atomic E-state index is 15.0. The van der Waals surface area contributed by atoms with Gasteiger partial charge in [0, 0.05) is 93.9 Å². The van der Waals surface area contributed by atoms with Gasteiger partial charge in [-0.3, -0.25) is 14.6 Å². The minimum atomic E-state index is -4.59. The molecule has 2 unspecified atom stereocenters. The SMILES string of the molecule is COc1cc(CN2CCN(C3CC4(CCN(c5ccc(C(=O)NS(=O)(=O)c6cnc(NC[C@H]7CC[C@](C)(O)CC7)c([NH+](C)[O-])c6)c(Oc6cc7c(nc6OC)CC=C7F)c5)CC4)C3)C(c3ccccc3C(C)C)C2)cnc1OC. The number of hydrogen-bond acceptors (Lipinski definition) is 16. The van der Waals surface area contributed by atoms with Crippen LogP contribution >= 0.6 is 0 Å². The molecule has 3 aromatic heterocycles. The number of amides is 1. The summed E-state index contributed by atoms with van der Waals surface area (Å²) < 4.78 is 68.3. The number of rotatable bonds is 18. The van der Waals surface area contributed by atoms with Gasteiger partial charge in [0.15, 0.2) is 23.0 Å². The van der Waals surface area contributed by atoms with E-state index in [-0.39, 0.29) is 68.7 Å². The van der Waals surface area contributed by atoms with Crippen molar-refractivity contribution in [1.82, 2.24) is 29.5 Å². The molecular weight excluding hydrogens is 1030 g/mol. The van der Waals surface area contributed by atoms with Crippen molar-refractivity contribution < 1.29 is 46.7 Å². The number of nitrogens with one attached hydrogen (secondary N) is 3. The number of quaternary nitrogens is 1. The Labute approximate surface area is 463 Å². The topological polar surface area (TPSA) is 208 Å². The molecule has 5 heterocycles. The lowest BCUT2D eigenvalue weighted by atomic mass is 9.59. The lowest BCUT2D eigenvalue weighted by Gasteiger charge is -2.58. The summed E-state index contributed by atoms with van der Waals surface area (Å²) in [5.41, 5.74) is 4.73. The number of nitrogens with zero attached hydrogens (tertiary/aromatic N) is 6. The van der Waals surface area contributed by atoms with Crippen LogP contribution in [0.4, 0.5) is 21.6 Å². The van der Waals surface area contributed by atoms with Gasteiger partial charge in [-0.05, 0) is 123 Å². The Morgan fingerprint density at radius 2 is 1.66 bits per heavy atom. The Balaban J connectivity index is 0.853. The van der Waals surface area contributed by atoms with E-state index in [0.717, 1.165) is 95.2 Å². The maximum Gasteiger partial charge on any atom is 0.268 e. The molecule has 3 aliphatic carbocycles. The Morgan fingerprint density at radius 1 is 0.911 bits per heavy atom. The van der Waals surface area contributed by atoms with Crippen LogP contribution in [-0.2, 0) is 23.0 Å². The van der Waals surface area contributed by atoms with E-state index in [0.29, 0.717) is 48.7 Å². The lowest BCUT2D eigenvalue weighted by Crippen LogP contribution is -2.98. The van der Waals surface area contributed by atoms with Gasteiger partial charge >= 0.3 is 0 Å². The Kier molecular flexibility index (Phi) is 16.3. The number of piperazine rings is 1. The molecule has 20 heteroatoms. The van der Waals surface area contributed by atoms with Crippen molar-refractivity contribution in [2.24, 2.45) is 11.3 Å². The van der Waals surface area contributed by atoms with E-state index >= 15 is 4.39 Å². The van der Waals surface area contributed by atoms with Gasteiger partial charge in [0.2, 0.25) is 0 Å². The summed E-state index contributed by atoms with van der Waals surface area (Å²) >= 11 is 0. The number of methoxy groups -OCH3 is 3. The van der Waals surface area contributed by atoms with Gasteiger partial charge in [-0.2, -0.15) is 0 Å². The first-order chi connectivity index (χ1) is 37.8. The zero-order chi connectivity index (χ0) is 55.8. The van der Waals surface area contributed by atoms with Crippen LogP contribution in [0.2, 0.25) is 0 Å². The average Bonchev–Trinajstić information content (AvgIpc) is 3.95. The van der Waals surface area contributed by atoms with Gasteiger partial charge in [0.25, 0.3) is 27.7 Å². The number of allylic oxidation sites excluding steroid dienone is 1. The highest BCUT2D eigenvalue weighted by Gasteiger charge is 2.50. The van der Waals surface area contributed by atoms with E-state index in [1.807, 2.05) is 19.2 Å². The number of benzene rings is 2. The molecule has 79 heavy (non-hydrogen) atoms. The van der Waals surface area contributed by atoms with Crippen LogP contribution in [0.15, 0.2) is 84.0 Å². The highest BCUT2D eigenvalue weighted by molar-refractivity contribution is 7.90. The molecular formula is C59H74FN9O9S. The summed E-state index contributed by atoms with van der Waals surface area (Å²) in [5, 5.41) is 26.1. The number of hydroxylamine groups is 1. The molecule has 0 radical (unpaired) electrons. The van der Waals surface area contributed by atoms with Gasteiger partial charge in [0.05, 0.1) is 51.4 Å². The predicted octanol–water partition coefficient (Wildman–Crippen LogP) is 8.10. The molecule has 2 atom stereocenters. The second-order valence-corrected chi connectivity index (χ2v) is 24.5.